The SMILES string of the molecule is COc1ccc2c(c1)CC[C@@H]1[C@@H]2CC[C@]2(C)[C@@H](OCCC#N)CC[C@@H]12. The van der Waals surface area contributed by atoms with E-state index in [2.05, 4.69) is 31.2 Å². The van der Waals surface area contributed by atoms with Gasteiger partial charge in [-0.2, -0.15) is 5.26 Å². The van der Waals surface area contributed by atoms with Crippen molar-refractivity contribution in [3.8, 4) is 11.8 Å². The zero-order valence-corrected chi connectivity index (χ0v) is 15.5. The van der Waals surface area contributed by atoms with E-state index in [4.69, 9.17) is 14.7 Å². The molecule has 0 aliphatic heterocycles. The maximum atomic E-state index is 8.78. The van der Waals surface area contributed by atoms with Gasteiger partial charge in [0.25, 0.3) is 0 Å². The van der Waals surface area contributed by atoms with Crippen LogP contribution >= 0.6 is 0 Å². The van der Waals surface area contributed by atoms with Crippen molar-refractivity contribution in [3.05, 3.63) is 29.3 Å². The Hall–Kier alpha value is -1.53. The molecule has 3 nitrogen and oxygen atoms in total. The molecule has 0 N–H and O–H groups in total. The van der Waals surface area contributed by atoms with E-state index in [1.807, 2.05) is 0 Å². The van der Waals surface area contributed by atoms with Gasteiger partial charge in [-0.1, -0.05) is 13.0 Å². The van der Waals surface area contributed by atoms with Crippen molar-refractivity contribution < 1.29 is 9.47 Å². The molecule has 0 spiro atoms. The number of aryl methyl sites for hydroxylation is 1. The number of benzene rings is 1. The molecule has 0 heterocycles. The second-order valence-electron chi connectivity index (χ2n) is 8.37. The molecule has 0 bridgehead atoms. The van der Waals surface area contributed by atoms with E-state index in [-0.39, 0.29) is 0 Å². The minimum atomic E-state index is 0.306. The van der Waals surface area contributed by atoms with E-state index in [1.165, 1.54) is 44.1 Å². The molecular formula is C22H29NO2. The predicted molar refractivity (Wildman–Crippen MR) is 97.6 cm³/mol. The van der Waals surface area contributed by atoms with Crippen LogP contribution in [0, 0.1) is 28.6 Å². The van der Waals surface area contributed by atoms with Gasteiger partial charge in [-0.25, -0.2) is 0 Å². The summed E-state index contributed by atoms with van der Waals surface area (Å²) in [6.45, 7) is 3.06. The van der Waals surface area contributed by atoms with E-state index < -0.39 is 0 Å². The maximum Gasteiger partial charge on any atom is 0.119 e. The van der Waals surface area contributed by atoms with Crippen molar-refractivity contribution in [1.29, 1.82) is 5.26 Å². The Balaban J connectivity index is 1.55. The van der Waals surface area contributed by atoms with E-state index in [1.54, 1.807) is 12.7 Å². The molecule has 1 aromatic rings. The van der Waals surface area contributed by atoms with E-state index in [0.717, 1.165) is 17.6 Å². The van der Waals surface area contributed by atoms with E-state index >= 15 is 0 Å². The predicted octanol–water partition coefficient (Wildman–Crippen LogP) is 4.85. The lowest BCUT2D eigenvalue weighted by Crippen LogP contribution is -2.44. The summed E-state index contributed by atoms with van der Waals surface area (Å²) in [5.41, 5.74) is 3.39. The minimum Gasteiger partial charge on any atom is -0.497 e. The van der Waals surface area contributed by atoms with E-state index in [9.17, 15) is 0 Å². The summed E-state index contributed by atoms with van der Waals surface area (Å²) in [6.07, 6.45) is 8.33. The third-order valence-corrected chi connectivity index (χ3v) is 7.38. The molecule has 4 rings (SSSR count). The van der Waals surface area contributed by atoms with Gasteiger partial charge in [-0.3, -0.25) is 0 Å². The molecule has 0 amide bonds. The molecule has 0 saturated heterocycles. The summed E-state index contributed by atoms with van der Waals surface area (Å²) in [7, 11) is 1.75. The second kappa shape index (κ2) is 6.65. The Morgan fingerprint density at radius 3 is 2.92 bits per heavy atom. The van der Waals surface area contributed by atoms with Crippen molar-refractivity contribution in [2.24, 2.45) is 17.3 Å². The fourth-order valence-electron chi connectivity index (χ4n) is 6.16. The van der Waals surface area contributed by atoms with Gasteiger partial charge in [-0.15, -0.1) is 0 Å². The molecule has 3 aliphatic carbocycles. The second-order valence-corrected chi connectivity index (χ2v) is 8.37. The average molecular weight is 339 g/mol. The fourth-order valence-corrected chi connectivity index (χ4v) is 6.16. The Bertz CT molecular complexity index is 679. The average Bonchev–Trinajstić information content (AvgIpc) is 2.98. The van der Waals surface area contributed by atoms with Gasteiger partial charge >= 0.3 is 0 Å². The fraction of sp³-hybridized carbons (Fsp3) is 0.682. The molecule has 0 unspecified atom stereocenters. The van der Waals surface area contributed by atoms with Crippen LogP contribution in [0.3, 0.4) is 0 Å². The smallest absolute Gasteiger partial charge is 0.119 e. The Kier molecular flexibility index (Phi) is 4.50. The van der Waals surface area contributed by atoms with Crippen LogP contribution in [0.5, 0.6) is 5.75 Å². The highest BCUT2D eigenvalue weighted by molar-refractivity contribution is 5.40. The molecule has 5 atom stereocenters. The number of nitrogens with zero attached hydrogens (tertiary/aromatic N) is 1. The lowest BCUT2D eigenvalue weighted by atomic mass is 9.55. The van der Waals surface area contributed by atoms with Gasteiger partial charge < -0.3 is 9.47 Å². The van der Waals surface area contributed by atoms with Crippen LogP contribution in [0.25, 0.3) is 0 Å². The molecule has 0 aromatic heterocycles. The van der Waals surface area contributed by atoms with Gasteiger partial charge in [-0.05, 0) is 85.0 Å². The number of rotatable bonds is 4. The van der Waals surface area contributed by atoms with Crippen molar-refractivity contribution in [3.63, 3.8) is 0 Å². The summed E-state index contributed by atoms with van der Waals surface area (Å²) < 4.78 is 11.6. The summed E-state index contributed by atoms with van der Waals surface area (Å²) in [5, 5.41) is 8.78. The Morgan fingerprint density at radius 2 is 2.12 bits per heavy atom. The molecule has 0 radical (unpaired) electrons. The van der Waals surface area contributed by atoms with Gasteiger partial charge in [0.1, 0.15) is 5.75 Å². The van der Waals surface area contributed by atoms with Crippen LogP contribution in [-0.4, -0.2) is 19.8 Å². The van der Waals surface area contributed by atoms with Crippen LogP contribution in [0.15, 0.2) is 18.2 Å². The first-order valence-corrected chi connectivity index (χ1v) is 9.82. The first kappa shape index (κ1) is 16.9. The molecule has 2 fully saturated rings. The Labute approximate surface area is 151 Å². The number of methoxy groups -OCH3 is 1. The zero-order chi connectivity index (χ0) is 17.4. The molecule has 2 saturated carbocycles. The van der Waals surface area contributed by atoms with Gasteiger partial charge in [0.2, 0.25) is 0 Å². The molecular weight excluding hydrogens is 310 g/mol. The highest BCUT2D eigenvalue weighted by Crippen LogP contribution is 2.61. The van der Waals surface area contributed by atoms with Gasteiger partial charge in [0, 0.05) is 0 Å². The van der Waals surface area contributed by atoms with E-state index in [0.29, 0.717) is 30.5 Å². The summed E-state index contributed by atoms with van der Waals surface area (Å²) >= 11 is 0. The summed E-state index contributed by atoms with van der Waals surface area (Å²) in [6, 6.07) is 8.92. The van der Waals surface area contributed by atoms with Gasteiger partial charge in [0.05, 0.1) is 32.3 Å². The standard InChI is InChI=1S/C22H29NO2/c1-22-11-10-18-17-7-5-16(24-2)14-15(17)4-6-19(18)20(22)8-9-21(22)25-13-3-12-23/h5,7,14,18-21H,3-4,6,8-11,13H2,1-2H3/t18-,19-,20+,21+,22+/m1/s1. The summed E-state index contributed by atoms with van der Waals surface area (Å²) in [5.74, 6) is 3.27. The van der Waals surface area contributed by atoms with Crippen molar-refractivity contribution in [1.82, 2.24) is 0 Å². The normalized spacial score (nSPS) is 36.0. The molecule has 134 valence electrons. The molecule has 1 aromatic carbocycles. The van der Waals surface area contributed by atoms with Crippen LogP contribution in [-0.2, 0) is 11.2 Å². The van der Waals surface area contributed by atoms with Gasteiger partial charge in [0.15, 0.2) is 0 Å². The highest BCUT2D eigenvalue weighted by atomic mass is 16.5. The third kappa shape index (κ3) is 2.75. The third-order valence-electron chi connectivity index (χ3n) is 7.38. The summed E-state index contributed by atoms with van der Waals surface area (Å²) in [4.78, 5) is 0. The quantitative estimate of drug-likeness (QED) is 0.736. The topological polar surface area (TPSA) is 42.2 Å². The minimum absolute atomic E-state index is 0.306. The first-order valence-electron chi connectivity index (χ1n) is 9.82. The lowest BCUT2D eigenvalue weighted by Gasteiger charge is -2.50. The monoisotopic (exact) mass is 339 g/mol. The molecule has 3 aliphatic rings. The number of nitriles is 1. The molecule has 3 heteroatoms. The largest absolute Gasteiger partial charge is 0.497 e. The maximum absolute atomic E-state index is 8.78. The number of hydrogen-bond donors (Lipinski definition) is 0. The lowest BCUT2D eigenvalue weighted by molar-refractivity contribution is -0.0623. The van der Waals surface area contributed by atoms with Crippen LogP contribution in [0.1, 0.15) is 62.5 Å². The number of hydrogen-bond acceptors (Lipinski definition) is 3. The Morgan fingerprint density at radius 1 is 1.24 bits per heavy atom. The van der Waals surface area contributed by atoms with Crippen LogP contribution in [0.2, 0.25) is 0 Å². The van der Waals surface area contributed by atoms with Crippen LogP contribution in [0.4, 0.5) is 0 Å². The number of ether oxygens (including phenoxy) is 2. The van der Waals surface area contributed by atoms with Crippen LogP contribution < -0.4 is 4.74 Å². The highest BCUT2D eigenvalue weighted by Gasteiger charge is 2.55. The van der Waals surface area contributed by atoms with Crippen molar-refractivity contribution >= 4 is 0 Å². The zero-order valence-electron chi connectivity index (χ0n) is 15.5. The van der Waals surface area contributed by atoms with Crippen molar-refractivity contribution in [2.45, 2.75) is 63.9 Å². The van der Waals surface area contributed by atoms with Crippen molar-refractivity contribution in [2.75, 3.05) is 13.7 Å². The first-order chi connectivity index (χ1) is 12.2. The molecule has 25 heavy (non-hydrogen) atoms. The number of fused-ring (bicyclic) bond motifs is 5.